The van der Waals surface area contributed by atoms with Gasteiger partial charge in [-0.25, -0.2) is 4.68 Å². The van der Waals surface area contributed by atoms with Crippen LogP contribution in [0.15, 0.2) is 30.3 Å². The molecule has 0 aliphatic rings. The van der Waals surface area contributed by atoms with Gasteiger partial charge in [-0.05, 0) is 16.0 Å². The third kappa shape index (κ3) is 1.51. The summed E-state index contributed by atoms with van der Waals surface area (Å²) < 4.78 is 1.71. The van der Waals surface area contributed by atoms with Crippen molar-refractivity contribution in [2.24, 2.45) is 7.05 Å². The number of rotatable bonds is 2. The molecule has 0 aliphatic heterocycles. The molecule has 0 N–H and O–H groups in total. The third-order valence-corrected chi connectivity index (χ3v) is 2.34. The van der Waals surface area contributed by atoms with E-state index in [1.165, 1.54) is 5.56 Å². The molecule has 0 radical (unpaired) electrons. The van der Waals surface area contributed by atoms with Crippen LogP contribution in [0.2, 0.25) is 0 Å². The zero-order valence-electron chi connectivity index (χ0n) is 8.25. The van der Waals surface area contributed by atoms with E-state index in [1.807, 2.05) is 25.2 Å². The lowest BCUT2D eigenvalue weighted by atomic mass is 10.0. The zero-order valence-corrected chi connectivity index (χ0v) is 8.25. The van der Waals surface area contributed by atoms with Gasteiger partial charge in [-0.15, -0.1) is 5.10 Å². The van der Waals surface area contributed by atoms with E-state index < -0.39 is 0 Å². The van der Waals surface area contributed by atoms with E-state index >= 15 is 0 Å². The summed E-state index contributed by atoms with van der Waals surface area (Å²) in [7, 11) is 1.86. The predicted octanol–water partition coefficient (Wildman–Crippen LogP) is 1.36. The Hall–Kier alpha value is -1.71. The van der Waals surface area contributed by atoms with Crippen molar-refractivity contribution in [1.82, 2.24) is 20.2 Å². The van der Waals surface area contributed by atoms with Crippen LogP contribution in [0, 0.1) is 0 Å². The molecule has 1 unspecified atom stereocenters. The lowest BCUT2D eigenvalue weighted by Crippen LogP contribution is -2.05. The Kier molecular flexibility index (Phi) is 2.26. The van der Waals surface area contributed by atoms with E-state index in [0.29, 0.717) is 0 Å². The number of benzene rings is 1. The molecule has 0 aliphatic carbocycles. The predicted molar refractivity (Wildman–Crippen MR) is 52.8 cm³/mol. The first-order valence-corrected chi connectivity index (χ1v) is 4.56. The van der Waals surface area contributed by atoms with Gasteiger partial charge in [0.1, 0.15) is 0 Å². The first-order chi connectivity index (χ1) is 6.79. The van der Waals surface area contributed by atoms with Gasteiger partial charge >= 0.3 is 0 Å². The Morgan fingerprint density at radius 3 is 2.50 bits per heavy atom. The van der Waals surface area contributed by atoms with E-state index in [0.717, 1.165) is 5.82 Å². The highest BCUT2D eigenvalue weighted by molar-refractivity contribution is 5.23. The summed E-state index contributed by atoms with van der Waals surface area (Å²) in [6.45, 7) is 2.10. The molecule has 1 atom stereocenters. The Morgan fingerprint density at radius 2 is 1.93 bits per heavy atom. The largest absolute Gasteiger partial charge is 0.232 e. The maximum Gasteiger partial charge on any atom is 0.158 e. The number of aromatic nitrogens is 4. The van der Waals surface area contributed by atoms with E-state index in [9.17, 15) is 0 Å². The number of hydrogen-bond donors (Lipinski definition) is 0. The fourth-order valence-electron chi connectivity index (χ4n) is 1.49. The van der Waals surface area contributed by atoms with Crippen LogP contribution >= 0.6 is 0 Å². The second-order valence-corrected chi connectivity index (χ2v) is 3.29. The smallest absolute Gasteiger partial charge is 0.158 e. The minimum absolute atomic E-state index is 0.233. The molecule has 0 amide bonds. The van der Waals surface area contributed by atoms with Gasteiger partial charge in [-0.2, -0.15) is 0 Å². The molecule has 1 heterocycles. The fourth-order valence-corrected chi connectivity index (χ4v) is 1.49. The van der Waals surface area contributed by atoms with Gasteiger partial charge in [0.2, 0.25) is 0 Å². The van der Waals surface area contributed by atoms with Crippen molar-refractivity contribution in [2.45, 2.75) is 12.8 Å². The zero-order chi connectivity index (χ0) is 9.97. The normalized spacial score (nSPS) is 12.7. The van der Waals surface area contributed by atoms with E-state index in [1.54, 1.807) is 4.68 Å². The van der Waals surface area contributed by atoms with Gasteiger partial charge in [0.15, 0.2) is 5.82 Å². The Labute approximate surface area is 82.6 Å². The Bertz CT molecular complexity index is 407. The summed E-state index contributed by atoms with van der Waals surface area (Å²) in [6.07, 6.45) is 0. The first kappa shape index (κ1) is 8.87. The van der Waals surface area contributed by atoms with E-state index in [-0.39, 0.29) is 5.92 Å². The van der Waals surface area contributed by atoms with E-state index in [2.05, 4.69) is 34.6 Å². The summed E-state index contributed by atoms with van der Waals surface area (Å²) in [4.78, 5) is 0. The maximum atomic E-state index is 3.99. The third-order valence-electron chi connectivity index (χ3n) is 2.34. The van der Waals surface area contributed by atoms with Crippen molar-refractivity contribution >= 4 is 0 Å². The van der Waals surface area contributed by atoms with E-state index in [4.69, 9.17) is 0 Å². The number of nitrogens with zero attached hydrogens (tertiary/aromatic N) is 4. The van der Waals surface area contributed by atoms with Crippen molar-refractivity contribution < 1.29 is 0 Å². The van der Waals surface area contributed by atoms with Crippen LogP contribution in [0.1, 0.15) is 24.2 Å². The van der Waals surface area contributed by atoms with Crippen molar-refractivity contribution in [3.8, 4) is 0 Å². The quantitative estimate of drug-likeness (QED) is 0.714. The minimum Gasteiger partial charge on any atom is -0.232 e. The molecule has 72 valence electrons. The average molecular weight is 188 g/mol. The minimum atomic E-state index is 0.233. The molecule has 0 saturated heterocycles. The maximum absolute atomic E-state index is 3.99. The van der Waals surface area contributed by atoms with Crippen molar-refractivity contribution in [3.05, 3.63) is 41.7 Å². The van der Waals surface area contributed by atoms with Crippen LogP contribution in [0.3, 0.4) is 0 Å². The molecule has 0 saturated carbocycles. The van der Waals surface area contributed by atoms with Crippen molar-refractivity contribution in [3.63, 3.8) is 0 Å². The molecule has 0 bridgehead atoms. The van der Waals surface area contributed by atoms with Gasteiger partial charge in [0.05, 0.1) is 0 Å². The first-order valence-electron chi connectivity index (χ1n) is 4.56. The topological polar surface area (TPSA) is 43.6 Å². The molecular weight excluding hydrogens is 176 g/mol. The molecule has 14 heavy (non-hydrogen) atoms. The Balaban J connectivity index is 2.34. The molecule has 4 heteroatoms. The molecule has 1 aromatic heterocycles. The van der Waals surface area contributed by atoms with Gasteiger partial charge in [0, 0.05) is 13.0 Å². The standard InChI is InChI=1S/C10H12N4/c1-8(9-6-4-3-5-7-9)10-11-12-13-14(10)2/h3-8H,1-2H3. The lowest BCUT2D eigenvalue weighted by Gasteiger charge is -2.08. The summed E-state index contributed by atoms with van der Waals surface area (Å²) in [6, 6.07) is 10.2. The second-order valence-electron chi connectivity index (χ2n) is 3.29. The highest BCUT2D eigenvalue weighted by Gasteiger charge is 2.13. The van der Waals surface area contributed by atoms with Crippen LogP contribution in [0.25, 0.3) is 0 Å². The average Bonchev–Trinajstić information content (AvgIpc) is 2.65. The lowest BCUT2D eigenvalue weighted by molar-refractivity contribution is 0.658. The van der Waals surface area contributed by atoms with Gasteiger partial charge in [0.25, 0.3) is 0 Å². The van der Waals surface area contributed by atoms with Crippen LogP contribution < -0.4 is 0 Å². The molecule has 2 rings (SSSR count). The monoisotopic (exact) mass is 188 g/mol. The van der Waals surface area contributed by atoms with Gasteiger partial charge in [-0.3, -0.25) is 0 Å². The highest BCUT2D eigenvalue weighted by Crippen LogP contribution is 2.20. The number of hydrogen-bond acceptors (Lipinski definition) is 3. The highest BCUT2D eigenvalue weighted by atomic mass is 15.5. The van der Waals surface area contributed by atoms with Gasteiger partial charge in [-0.1, -0.05) is 37.3 Å². The van der Waals surface area contributed by atoms with Crippen LogP contribution in [-0.4, -0.2) is 20.2 Å². The summed E-state index contributed by atoms with van der Waals surface area (Å²) in [5.41, 5.74) is 1.23. The summed E-state index contributed by atoms with van der Waals surface area (Å²) in [5.74, 6) is 1.12. The van der Waals surface area contributed by atoms with Crippen LogP contribution in [0.4, 0.5) is 0 Å². The Morgan fingerprint density at radius 1 is 1.21 bits per heavy atom. The molecule has 0 spiro atoms. The SMILES string of the molecule is CC(c1ccccc1)c1nnnn1C. The molecular formula is C10H12N4. The summed E-state index contributed by atoms with van der Waals surface area (Å²) in [5, 5.41) is 11.4. The van der Waals surface area contributed by atoms with Crippen molar-refractivity contribution in [2.75, 3.05) is 0 Å². The van der Waals surface area contributed by atoms with Crippen LogP contribution in [0.5, 0.6) is 0 Å². The molecule has 1 aromatic carbocycles. The van der Waals surface area contributed by atoms with Gasteiger partial charge < -0.3 is 0 Å². The van der Waals surface area contributed by atoms with Crippen LogP contribution in [-0.2, 0) is 7.05 Å². The molecule has 2 aromatic rings. The second kappa shape index (κ2) is 3.57. The fraction of sp³-hybridized carbons (Fsp3) is 0.300. The number of aryl methyl sites for hydroxylation is 1. The van der Waals surface area contributed by atoms with Crippen molar-refractivity contribution in [1.29, 1.82) is 0 Å². The summed E-state index contributed by atoms with van der Waals surface area (Å²) >= 11 is 0. The molecule has 4 nitrogen and oxygen atoms in total. The number of tetrazole rings is 1. The molecule has 0 fully saturated rings.